The Morgan fingerprint density at radius 3 is 2.70 bits per heavy atom. The molecule has 3 heterocycles. The van der Waals surface area contributed by atoms with E-state index in [4.69, 9.17) is 0 Å². The predicted octanol–water partition coefficient (Wildman–Crippen LogP) is 0.670. The Labute approximate surface area is 61.2 Å². The van der Waals surface area contributed by atoms with E-state index in [0.29, 0.717) is 17.7 Å². The fraction of sp³-hybridized carbons (Fsp3) is 0.875. The second-order valence-corrected chi connectivity index (χ2v) is 3.51. The number of piperidine rings is 3. The third-order valence-electron chi connectivity index (χ3n) is 2.83. The molecule has 3 saturated heterocycles. The Bertz CT molecular complexity index is 167. The summed E-state index contributed by atoms with van der Waals surface area (Å²) in [6, 6.07) is 0.663. The molecule has 0 spiro atoms. The van der Waals surface area contributed by atoms with Crippen LogP contribution in [0.2, 0.25) is 0 Å². The first-order valence-corrected chi connectivity index (χ1v) is 4.04. The van der Waals surface area contributed by atoms with Crippen LogP contribution in [0.5, 0.6) is 0 Å². The third kappa shape index (κ3) is 0.788. The van der Waals surface area contributed by atoms with Crippen LogP contribution in [0.25, 0.3) is 0 Å². The fourth-order valence-corrected chi connectivity index (χ4v) is 2.08. The van der Waals surface area contributed by atoms with Crippen molar-refractivity contribution in [2.45, 2.75) is 25.8 Å². The fourth-order valence-electron chi connectivity index (χ4n) is 2.08. The van der Waals surface area contributed by atoms with Gasteiger partial charge >= 0.3 is 0 Å². The van der Waals surface area contributed by atoms with Gasteiger partial charge in [0.15, 0.2) is 0 Å². The Balaban J connectivity index is 2.16. The lowest BCUT2D eigenvalue weighted by molar-refractivity contribution is -0.132. The molecule has 0 aromatic heterocycles. The van der Waals surface area contributed by atoms with Gasteiger partial charge in [0, 0.05) is 12.0 Å². The van der Waals surface area contributed by atoms with E-state index in [1.165, 1.54) is 0 Å². The minimum absolute atomic E-state index is 0.417. The van der Waals surface area contributed by atoms with Gasteiger partial charge in [0.05, 0.1) is 6.54 Å². The summed E-state index contributed by atoms with van der Waals surface area (Å²) < 4.78 is 0. The third-order valence-corrected chi connectivity index (χ3v) is 2.83. The van der Waals surface area contributed by atoms with Gasteiger partial charge in [0.2, 0.25) is 0 Å². The van der Waals surface area contributed by atoms with E-state index in [1.54, 1.807) is 0 Å². The molecule has 0 saturated carbocycles. The Morgan fingerprint density at radius 2 is 2.40 bits per heavy atom. The molecule has 3 aliphatic rings. The van der Waals surface area contributed by atoms with E-state index in [9.17, 15) is 4.79 Å². The van der Waals surface area contributed by atoms with Crippen LogP contribution in [0.4, 0.5) is 0 Å². The number of carbonyl (C=O) groups is 1. The first-order valence-electron chi connectivity index (χ1n) is 4.04. The molecule has 10 heavy (non-hydrogen) atoms. The lowest BCUT2D eigenvalue weighted by atomic mass is 9.83. The van der Waals surface area contributed by atoms with Gasteiger partial charge < -0.3 is 0 Å². The summed E-state index contributed by atoms with van der Waals surface area (Å²) in [7, 11) is 0. The molecule has 3 fully saturated rings. The van der Waals surface area contributed by atoms with Crippen LogP contribution < -0.4 is 0 Å². The van der Waals surface area contributed by atoms with Gasteiger partial charge in [0.1, 0.15) is 5.78 Å². The van der Waals surface area contributed by atoms with Crippen LogP contribution in [0.1, 0.15) is 19.8 Å². The molecule has 3 aliphatic heterocycles. The normalized spacial score (nSPS) is 46.1. The van der Waals surface area contributed by atoms with Crippen LogP contribution in [0.15, 0.2) is 0 Å². The van der Waals surface area contributed by atoms with Crippen molar-refractivity contribution in [1.82, 2.24) is 4.90 Å². The zero-order valence-electron chi connectivity index (χ0n) is 6.34. The van der Waals surface area contributed by atoms with Gasteiger partial charge in [-0.15, -0.1) is 0 Å². The summed E-state index contributed by atoms with van der Waals surface area (Å²) in [5.74, 6) is 0.893. The summed E-state index contributed by atoms with van der Waals surface area (Å²) >= 11 is 0. The molecule has 0 N–H and O–H groups in total. The molecule has 0 amide bonds. The molecular formula is C8H13NO. The van der Waals surface area contributed by atoms with Crippen LogP contribution >= 0.6 is 0 Å². The summed E-state index contributed by atoms with van der Waals surface area (Å²) in [4.78, 5) is 13.5. The summed E-state index contributed by atoms with van der Waals surface area (Å²) in [5, 5.41) is 0. The van der Waals surface area contributed by atoms with E-state index in [0.717, 1.165) is 25.9 Å². The van der Waals surface area contributed by atoms with Crippen LogP contribution in [-0.4, -0.2) is 29.8 Å². The van der Waals surface area contributed by atoms with Crippen molar-refractivity contribution in [3.63, 3.8) is 0 Å². The maximum Gasteiger partial charge on any atom is 0.150 e. The first-order chi connectivity index (χ1) is 4.77. The lowest BCUT2D eigenvalue weighted by Gasteiger charge is -2.42. The number of hydrogen-bond donors (Lipinski definition) is 0. The molecule has 56 valence electrons. The second-order valence-electron chi connectivity index (χ2n) is 3.51. The minimum Gasteiger partial charge on any atom is -0.298 e. The maximum atomic E-state index is 11.2. The van der Waals surface area contributed by atoms with Crippen molar-refractivity contribution in [3.05, 3.63) is 0 Å². The summed E-state index contributed by atoms with van der Waals surface area (Å²) in [6.07, 6.45) is 2.22. The first kappa shape index (κ1) is 6.35. The van der Waals surface area contributed by atoms with Gasteiger partial charge in [-0.1, -0.05) is 0 Å². The highest BCUT2D eigenvalue weighted by Crippen LogP contribution is 2.28. The van der Waals surface area contributed by atoms with E-state index in [-0.39, 0.29) is 0 Å². The van der Waals surface area contributed by atoms with E-state index < -0.39 is 0 Å². The Kier molecular flexibility index (Phi) is 1.31. The average Bonchev–Trinajstić information content (AvgIpc) is 1.91. The molecule has 2 heteroatoms. The molecule has 2 nitrogen and oxygen atoms in total. The molecule has 3 rings (SSSR count). The highest BCUT2D eigenvalue weighted by molar-refractivity contribution is 5.84. The number of ketones is 1. The summed E-state index contributed by atoms with van der Waals surface area (Å²) in [6.45, 7) is 4.10. The highest BCUT2D eigenvalue weighted by Gasteiger charge is 2.36. The van der Waals surface area contributed by atoms with E-state index in [2.05, 4.69) is 11.8 Å². The standard InChI is InChI=1S/C8H13NO/c1-6-4-7-2-3-9(6)5-8(7)10/h6-7H,2-5H2,1H3/t6-,7-/m1/s1. The summed E-state index contributed by atoms with van der Waals surface area (Å²) in [5.41, 5.74) is 0. The van der Waals surface area contributed by atoms with Gasteiger partial charge in [0.25, 0.3) is 0 Å². The van der Waals surface area contributed by atoms with Crippen LogP contribution in [0, 0.1) is 5.92 Å². The molecule has 0 aromatic carbocycles. The number of Topliss-reactive ketones (excluding diaryl/α,β-unsaturated/α-hetero) is 1. The van der Waals surface area contributed by atoms with Crippen LogP contribution in [-0.2, 0) is 4.79 Å². The molecule has 2 bridgehead atoms. The van der Waals surface area contributed by atoms with Gasteiger partial charge in [-0.25, -0.2) is 0 Å². The van der Waals surface area contributed by atoms with Crippen LogP contribution in [0.3, 0.4) is 0 Å². The quantitative estimate of drug-likeness (QED) is 0.491. The van der Waals surface area contributed by atoms with E-state index in [1.807, 2.05) is 0 Å². The number of fused-ring (bicyclic) bond motifs is 3. The smallest absolute Gasteiger partial charge is 0.150 e. The number of hydrogen-bond acceptors (Lipinski definition) is 2. The number of nitrogens with zero attached hydrogens (tertiary/aromatic N) is 1. The van der Waals surface area contributed by atoms with E-state index >= 15 is 0 Å². The zero-order chi connectivity index (χ0) is 7.14. The average molecular weight is 139 g/mol. The number of rotatable bonds is 0. The molecule has 0 radical (unpaired) electrons. The number of carbonyl (C=O) groups excluding carboxylic acids is 1. The van der Waals surface area contributed by atoms with Gasteiger partial charge in [-0.3, -0.25) is 9.69 Å². The zero-order valence-corrected chi connectivity index (χ0v) is 6.34. The SMILES string of the molecule is C[C@@H]1C[C@H]2CCN1CC2=O. The van der Waals surface area contributed by atoms with Crippen molar-refractivity contribution in [2.75, 3.05) is 13.1 Å². The van der Waals surface area contributed by atoms with Crippen molar-refractivity contribution >= 4 is 5.78 Å². The topological polar surface area (TPSA) is 20.3 Å². The highest BCUT2D eigenvalue weighted by atomic mass is 16.1. The molecule has 0 aromatic rings. The van der Waals surface area contributed by atoms with Gasteiger partial charge in [-0.2, -0.15) is 0 Å². The lowest BCUT2D eigenvalue weighted by Crippen LogP contribution is -2.52. The van der Waals surface area contributed by atoms with Crippen molar-refractivity contribution in [2.24, 2.45) is 5.92 Å². The molecular weight excluding hydrogens is 126 g/mol. The predicted molar refractivity (Wildman–Crippen MR) is 38.8 cm³/mol. The minimum atomic E-state index is 0.417. The van der Waals surface area contributed by atoms with Gasteiger partial charge in [-0.05, 0) is 26.3 Å². The maximum absolute atomic E-state index is 11.2. The Morgan fingerprint density at radius 1 is 1.60 bits per heavy atom. The monoisotopic (exact) mass is 139 g/mol. The van der Waals surface area contributed by atoms with Crippen molar-refractivity contribution in [3.8, 4) is 0 Å². The van der Waals surface area contributed by atoms with Crippen molar-refractivity contribution in [1.29, 1.82) is 0 Å². The van der Waals surface area contributed by atoms with Crippen molar-refractivity contribution < 1.29 is 4.79 Å². The second kappa shape index (κ2) is 2.06. The largest absolute Gasteiger partial charge is 0.298 e. The Hall–Kier alpha value is -0.370. The molecule has 3 atom stereocenters. The molecule has 0 aliphatic carbocycles. The molecule has 1 unspecified atom stereocenters.